The highest BCUT2D eigenvalue weighted by Gasteiger charge is 1.97. The second-order valence-corrected chi connectivity index (χ2v) is 5.53. The molecule has 0 aromatic heterocycles. The Morgan fingerprint density at radius 1 is 1.05 bits per heavy atom. The average molecular weight is 292 g/mol. The van der Waals surface area contributed by atoms with Gasteiger partial charge in [-0.1, -0.05) is 54.1 Å². The van der Waals surface area contributed by atoms with Crippen LogP contribution in [0.4, 0.5) is 0 Å². The largest absolute Gasteiger partial charge is 0.497 e. The molecule has 0 unspecified atom stereocenters. The highest BCUT2D eigenvalue weighted by atomic mass is 16.5. The minimum atomic E-state index is 0.895. The Labute approximate surface area is 134 Å². The van der Waals surface area contributed by atoms with Crippen LogP contribution in [0.5, 0.6) is 5.75 Å². The number of rotatable bonds is 7. The third-order valence-electron chi connectivity index (χ3n) is 3.60. The van der Waals surface area contributed by atoms with E-state index in [2.05, 4.69) is 56.0 Å². The molecule has 1 heteroatoms. The summed E-state index contributed by atoms with van der Waals surface area (Å²) >= 11 is 0. The van der Waals surface area contributed by atoms with Crippen molar-refractivity contribution < 1.29 is 4.74 Å². The van der Waals surface area contributed by atoms with Crippen LogP contribution in [0.25, 0.3) is 6.08 Å². The number of allylic oxidation sites excluding steroid dienone is 2. The van der Waals surface area contributed by atoms with Gasteiger partial charge in [0.05, 0.1) is 7.11 Å². The fourth-order valence-electron chi connectivity index (χ4n) is 2.56. The minimum Gasteiger partial charge on any atom is -0.497 e. The Balaban J connectivity index is 1.92. The molecule has 0 atom stereocenters. The molecule has 0 fully saturated rings. The number of hydrogen-bond donors (Lipinski definition) is 0. The Hall–Kier alpha value is -2.28. The topological polar surface area (TPSA) is 9.23 Å². The van der Waals surface area contributed by atoms with Crippen molar-refractivity contribution in [2.75, 3.05) is 7.11 Å². The highest BCUT2D eigenvalue weighted by molar-refractivity contribution is 5.50. The molecule has 0 spiro atoms. The predicted molar refractivity (Wildman–Crippen MR) is 95.4 cm³/mol. The SMILES string of the molecule is C=CCc1cc(C)cc(CC/C=C/c2ccc(OC)cc2)c1. The summed E-state index contributed by atoms with van der Waals surface area (Å²) in [6.07, 6.45) is 9.41. The van der Waals surface area contributed by atoms with Crippen LogP contribution >= 0.6 is 0 Å². The normalized spacial score (nSPS) is 10.8. The summed E-state index contributed by atoms with van der Waals surface area (Å²) in [5.41, 5.74) is 5.28. The quantitative estimate of drug-likeness (QED) is 0.623. The standard InChI is InChI=1S/C21H24O/c1-4-7-19-14-17(2)15-20(16-19)9-6-5-8-18-10-12-21(22-3)13-11-18/h4-5,8,10-16H,1,6-7,9H2,2-3H3/b8-5+. The average Bonchev–Trinajstić information content (AvgIpc) is 2.52. The van der Waals surface area contributed by atoms with E-state index in [0.29, 0.717) is 0 Å². The van der Waals surface area contributed by atoms with E-state index in [1.54, 1.807) is 7.11 Å². The smallest absolute Gasteiger partial charge is 0.118 e. The first-order valence-corrected chi connectivity index (χ1v) is 7.72. The van der Waals surface area contributed by atoms with Crippen molar-refractivity contribution in [1.82, 2.24) is 0 Å². The second-order valence-electron chi connectivity index (χ2n) is 5.53. The summed E-state index contributed by atoms with van der Waals surface area (Å²) in [6, 6.07) is 14.9. The van der Waals surface area contributed by atoms with E-state index in [1.807, 2.05) is 18.2 Å². The van der Waals surface area contributed by atoms with E-state index in [9.17, 15) is 0 Å². The monoisotopic (exact) mass is 292 g/mol. The Kier molecular flexibility index (Phi) is 6.02. The molecule has 2 aromatic carbocycles. The van der Waals surface area contributed by atoms with Crippen LogP contribution in [0.2, 0.25) is 0 Å². The molecule has 0 amide bonds. The third-order valence-corrected chi connectivity index (χ3v) is 3.60. The van der Waals surface area contributed by atoms with Gasteiger partial charge in [0.2, 0.25) is 0 Å². The Bertz CT molecular complexity index is 635. The zero-order valence-corrected chi connectivity index (χ0v) is 13.5. The molecule has 0 aliphatic heterocycles. The maximum Gasteiger partial charge on any atom is 0.118 e. The van der Waals surface area contributed by atoms with Gasteiger partial charge in [0.15, 0.2) is 0 Å². The van der Waals surface area contributed by atoms with Gasteiger partial charge in [-0.2, -0.15) is 0 Å². The van der Waals surface area contributed by atoms with Gasteiger partial charge in [-0.05, 0) is 55.0 Å². The van der Waals surface area contributed by atoms with Crippen LogP contribution < -0.4 is 4.74 Å². The molecule has 0 aliphatic carbocycles. The number of hydrogen-bond acceptors (Lipinski definition) is 1. The van der Waals surface area contributed by atoms with Gasteiger partial charge in [0.25, 0.3) is 0 Å². The predicted octanol–water partition coefficient (Wildman–Crippen LogP) is 5.38. The number of methoxy groups -OCH3 is 1. The lowest BCUT2D eigenvalue weighted by molar-refractivity contribution is 0.415. The van der Waals surface area contributed by atoms with Gasteiger partial charge < -0.3 is 4.74 Å². The van der Waals surface area contributed by atoms with Crippen molar-refractivity contribution in [3.8, 4) is 5.75 Å². The van der Waals surface area contributed by atoms with Crippen molar-refractivity contribution in [1.29, 1.82) is 0 Å². The zero-order chi connectivity index (χ0) is 15.8. The molecule has 0 radical (unpaired) electrons. The summed E-state index contributed by atoms with van der Waals surface area (Å²) in [6.45, 7) is 5.97. The maximum absolute atomic E-state index is 5.16. The van der Waals surface area contributed by atoms with Gasteiger partial charge in [-0.15, -0.1) is 6.58 Å². The molecule has 114 valence electrons. The van der Waals surface area contributed by atoms with Crippen LogP contribution in [0.15, 0.2) is 61.2 Å². The molecular formula is C21H24O. The molecule has 0 heterocycles. The van der Waals surface area contributed by atoms with Gasteiger partial charge in [-0.25, -0.2) is 0 Å². The molecule has 0 saturated carbocycles. The summed E-state index contributed by atoms with van der Waals surface area (Å²) in [7, 11) is 1.69. The second kappa shape index (κ2) is 8.23. The highest BCUT2D eigenvalue weighted by Crippen LogP contribution is 2.15. The molecule has 2 aromatic rings. The Morgan fingerprint density at radius 2 is 1.77 bits per heavy atom. The van der Waals surface area contributed by atoms with Gasteiger partial charge >= 0.3 is 0 Å². The first-order chi connectivity index (χ1) is 10.7. The van der Waals surface area contributed by atoms with Gasteiger partial charge in [-0.3, -0.25) is 0 Å². The number of aryl methyl sites for hydroxylation is 2. The molecule has 1 nitrogen and oxygen atoms in total. The summed E-state index contributed by atoms with van der Waals surface area (Å²) in [5, 5.41) is 0. The van der Waals surface area contributed by atoms with Crippen molar-refractivity contribution in [3.63, 3.8) is 0 Å². The number of benzene rings is 2. The van der Waals surface area contributed by atoms with Crippen LogP contribution in [0, 0.1) is 6.92 Å². The minimum absolute atomic E-state index is 0.895. The van der Waals surface area contributed by atoms with E-state index < -0.39 is 0 Å². The molecule has 0 bridgehead atoms. The van der Waals surface area contributed by atoms with E-state index >= 15 is 0 Å². The van der Waals surface area contributed by atoms with Crippen LogP contribution in [-0.4, -0.2) is 7.11 Å². The van der Waals surface area contributed by atoms with E-state index in [0.717, 1.165) is 25.0 Å². The summed E-state index contributed by atoms with van der Waals surface area (Å²) in [4.78, 5) is 0. The molecule has 0 saturated heterocycles. The third kappa shape index (κ3) is 4.92. The zero-order valence-electron chi connectivity index (χ0n) is 13.5. The van der Waals surface area contributed by atoms with Gasteiger partial charge in [0, 0.05) is 0 Å². The molecule has 2 rings (SSSR count). The maximum atomic E-state index is 5.16. The van der Waals surface area contributed by atoms with E-state index in [1.165, 1.54) is 22.3 Å². The van der Waals surface area contributed by atoms with E-state index in [4.69, 9.17) is 4.74 Å². The first kappa shape index (κ1) is 16.1. The number of ether oxygens (including phenoxy) is 1. The van der Waals surface area contributed by atoms with Crippen LogP contribution in [-0.2, 0) is 12.8 Å². The fraction of sp³-hybridized carbons (Fsp3) is 0.238. The molecule has 0 aliphatic rings. The molecule has 22 heavy (non-hydrogen) atoms. The lowest BCUT2D eigenvalue weighted by atomic mass is 10.0. The molecular weight excluding hydrogens is 268 g/mol. The first-order valence-electron chi connectivity index (χ1n) is 7.72. The fourth-order valence-corrected chi connectivity index (χ4v) is 2.56. The van der Waals surface area contributed by atoms with Crippen molar-refractivity contribution in [3.05, 3.63) is 83.4 Å². The van der Waals surface area contributed by atoms with Crippen LogP contribution in [0.1, 0.15) is 28.7 Å². The van der Waals surface area contributed by atoms with E-state index in [-0.39, 0.29) is 0 Å². The van der Waals surface area contributed by atoms with Crippen molar-refractivity contribution >= 4 is 6.08 Å². The van der Waals surface area contributed by atoms with Crippen molar-refractivity contribution in [2.24, 2.45) is 0 Å². The lowest BCUT2D eigenvalue weighted by Crippen LogP contribution is -1.90. The lowest BCUT2D eigenvalue weighted by Gasteiger charge is -2.05. The van der Waals surface area contributed by atoms with Crippen LogP contribution in [0.3, 0.4) is 0 Å². The van der Waals surface area contributed by atoms with Gasteiger partial charge in [0.1, 0.15) is 5.75 Å². The summed E-state index contributed by atoms with van der Waals surface area (Å²) in [5.74, 6) is 0.895. The molecule has 0 N–H and O–H groups in total. The Morgan fingerprint density at radius 3 is 2.45 bits per heavy atom. The summed E-state index contributed by atoms with van der Waals surface area (Å²) < 4.78 is 5.16. The van der Waals surface area contributed by atoms with Crippen molar-refractivity contribution in [2.45, 2.75) is 26.2 Å².